The molecule has 0 unspecified atom stereocenters. The van der Waals surface area contributed by atoms with E-state index in [2.05, 4.69) is 24.3 Å². The molecule has 0 spiro atoms. The zero-order valence-electron chi connectivity index (χ0n) is 18.9. The Morgan fingerprint density at radius 2 is 1.44 bits per heavy atom. The van der Waals surface area contributed by atoms with Crippen LogP contribution in [0, 0.1) is 0 Å². The van der Waals surface area contributed by atoms with Crippen molar-refractivity contribution < 1.29 is 19.0 Å². The lowest BCUT2D eigenvalue weighted by molar-refractivity contribution is 0.0690. The van der Waals surface area contributed by atoms with Crippen molar-refractivity contribution in [2.24, 2.45) is 0 Å². The monoisotopic (exact) mass is 451 g/mol. The highest BCUT2D eigenvalue weighted by molar-refractivity contribution is 5.95. The van der Waals surface area contributed by atoms with Gasteiger partial charge in [-0.25, -0.2) is 0 Å². The van der Waals surface area contributed by atoms with Crippen LogP contribution in [0.3, 0.4) is 0 Å². The van der Waals surface area contributed by atoms with E-state index in [0.717, 1.165) is 22.4 Å². The van der Waals surface area contributed by atoms with Crippen LogP contribution in [0.1, 0.15) is 33.1 Å². The minimum atomic E-state index is -0.276. The van der Waals surface area contributed by atoms with Crippen molar-refractivity contribution in [3.63, 3.8) is 0 Å². The number of methoxy groups -OCH3 is 1. The lowest BCUT2D eigenvalue weighted by atomic mass is 9.95. The number of ether oxygens (including phenoxy) is 3. The first kappa shape index (κ1) is 21.6. The minimum Gasteiger partial charge on any atom is -0.497 e. The molecule has 0 fully saturated rings. The second-order valence-electron chi connectivity index (χ2n) is 8.07. The summed E-state index contributed by atoms with van der Waals surface area (Å²) in [4.78, 5) is 16.0. The molecule has 1 amide bonds. The fourth-order valence-electron chi connectivity index (χ4n) is 4.23. The van der Waals surface area contributed by atoms with Crippen LogP contribution in [-0.4, -0.2) is 24.7 Å². The molecule has 1 aliphatic heterocycles. The van der Waals surface area contributed by atoms with Gasteiger partial charge in [0, 0.05) is 12.1 Å². The molecule has 0 N–H and O–H groups in total. The molecule has 5 rings (SSSR count). The SMILES string of the molecule is COc1ccc(CN(C(=O)c2ccc3c(c2)OCO3)C(c2ccccc2)c2ccccc2)cc1. The summed E-state index contributed by atoms with van der Waals surface area (Å²) in [7, 11) is 1.64. The van der Waals surface area contributed by atoms with Gasteiger partial charge in [0.2, 0.25) is 6.79 Å². The number of carbonyl (C=O) groups excluding carboxylic acids is 1. The van der Waals surface area contributed by atoms with E-state index >= 15 is 0 Å². The molecule has 4 aromatic rings. The number of nitrogens with zero attached hydrogens (tertiary/aromatic N) is 1. The molecule has 1 aliphatic rings. The molecule has 5 nitrogen and oxygen atoms in total. The Kier molecular flexibility index (Phi) is 6.17. The Hall–Kier alpha value is -4.25. The molecule has 170 valence electrons. The van der Waals surface area contributed by atoms with Crippen molar-refractivity contribution in [1.82, 2.24) is 4.90 Å². The van der Waals surface area contributed by atoms with Gasteiger partial charge in [0.25, 0.3) is 5.91 Å². The molecule has 0 bridgehead atoms. The molecule has 0 atom stereocenters. The summed E-state index contributed by atoms with van der Waals surface area (Å²) in [5.74, 6) is 1.93. The number of fused-ring (bicyclic) bond motifs is 1. The van der Waals surface area contributed by atoms with Gasteiger partial charge in [0.05, 0.1) is 13.2 Å². The van der Waals surface area contributed by atoms with Crippen LogP contribution >= 0.6 is 0 Å². The van der Waals surface area contributed by atoms with Crippen molar-refractivity contribution in [2.45, 2.75) is 12.6 Å². The van der Waals surface area contributed by atoms with E-state index < -0.39 is 0 Å². The van der Waals surface area contributed by atoms with Gasteiger partial charge in [-0.1, -0.05) is 72.8 Å². The second-order valence-corrected chi connectivity index (χ2v) is 8.07. The lowest BCUT2D eigenvalue weighted by Gasteiger charge is -2.33. The Balaban J connectivity index is 1.59. The fraction of sp³-hybridized carbons (Fsp3) is 0.138. The van der Waals surface area contributed by atoms with Gasteiger partial charge in [-0.15, -0.1) is 0 Å². The van der Waals surface area contributed by atoms with Gasteiger partial charge in [-0.2, -0.15) is 0 Å². The number of benzene rings is 4. The standard InChI is InChI=1S/C29H25NO4/c1-32-25-15-12-21(13-16-25)19-30(29(31)24-14-17-26-27(18-24)34-20-33-26)28(22-8-4-2-5-9-22)23-10-6-3-7-11-23/h2-18,28H,19-20H2,1H3. The highest BCUT2D eigenvalue weighted by Crippen LogP contribution is 2.36. The summed E-state index contributed by atoms with van der Waals surface area (Å²) < 4.78 is 16.3. The summed E-state index contributed by atoms with van der Waals surface area (Å²) >= 11 is 0. The highest BCUT2D eigenvalue weighted by atomic mass is 16.7. The fourth-order valence-corrected chi connectivity index (χ4v) is 4.23. The van der Waals surface area contributed by atoms with Crippen molar-refractivity contribution in [3.05, 3.63) is 125 Å². The molecule has 4 aromatic carbocycles. The molecular weight excluding hydrogens is 426 g/mol. The molecule has 0 saturated carbocycles. The van der Waals surface area contributed by atoms with Gasteiger partial charge in [0.15, 0.2) is 11.5 Å². The number of hydrogen-bond acceptors (Lipinski definition) is 4. The number of amides is 1. The normalized spacial score (nSPS) is 11.9. The molecule has 0 aliphatic carbocycles. The molecular formula is C29H25NO4. The van der Waals surface area contributed by atoms with Gasteiger partial charge in [-0.05, 0) is 47.0 Å². The topological polar surface area (TPSA) is 48.0 Å². The average Bonchev–Trinajstić information content (AvgIpc) is 3.38. The van der Waals surface area contributed by atoms with Crippen LogP contribution in [0.25, 0.3) is 0 Å². The molecule has 0 radical (unpaired) electrons. The summed E-state index contributed by atoms with van der Waals surface area (Å²) in [6, 6.07) is 33.1. The summed E-state index contributed by atoms with van der Waals surface area (Å²) in [6.07, 6.45) is 0. The third-order valence-electron chi connectivity index (χ3n) is 5.93. The third-order valence-corrected chi connectivity index (χ3v) is 5.93. The largest absolute Gasteiger partial charge is 0.497 e. The van der Waals surface area contributed by atoms with Crippen molar-refractivity contribution in [3.8, 4) is 17.2 Å². The predicted molar refractivity (Wildman–Crippen MR) is 130 cm³/mol. The Bertz CT molecular complexity index is 1220. The van der Waals surface area contributed by atoms with Crippen LogP contribution in [-0.2, 0) is 6.54 Å². The first-order valence-electron chi connectivity index (χ1n) is 11.2. The summed E-state index contributed by atoms with van der Waals surface area (Å²) in [5.41, 5.74) is 3.63. The van der Waals surface area contributed by atoms with Gasteiger partial charge < -0.3 is 19.1 Å². The Labute approximate surface area is 199 Å². The molecule has 34 heavy (non-hydrogen) atoms. The first-order chi connectivity index (χ1) is 16.7. The molecule has 0 saturated heterocycles. The van der Waals surface area contributed by atoms with Gasteiger partial charge in [0.1, 0.15) is 5.75 Å². The minimum absolute atomic E-state index is 0.0909. The number of rotatable bonds is 7. The smallest absolute Gasteiger partial charge is 0.255 e. The maximum absolute atomic E-state index is 14.1. The van der Waals surface area contributed by atoms with Crippen molar-refractivity contribution >= 4 is 5.91 Å². The van der Waals surface area contributed by atoms with Crippen molar-refractivity contribution in [1.29, 1.82) is 0 Å². The predicted octanol–water partition coefficient (Wildman–Crippen LogP) is 5.86. The third kappa shape index (κ3) is 4.46. The average molecular weight is 452 g/mol. The molecule has 5 heteroatoms. The number of hydrogen-bond donors (Lipinski definition) is 0. The van der Waals surface area contributed by atoms with Crippen LogP contribution in [0.15, 0.2) is 103 Å². The van der Waals surface area contributed by atoms with Gasteiger partial charge >= 0.3 is 0 Å². The van der Waals surface area contributed by atoms with E-state index in [-0.39, 0.29) is 18.7 Å². The van der Waals surface area contributed by atoms with E-state index in [1.165, 1.54) is 0 Å². The van der Waals surface area contributed by atoms with Crippen molar-refractivity contribution in [2.75, 3.05) is 13.9 Å². The second kappa shape index (κ2) is 9.71. The highest BCUT2D eigenvalue weighted by Gasteiger charge is 2.29. The zero-order valence-corrected chi connectivity index (χ0v) is 18.9. The van der Waals surface area contributed by atoms with E-state index in [0.29, 0.717) is 23.6 Å². The first-order valence-corrected chi connectivity index (χ1v) is 11.2. The van der Waals surface area contributed by atoms with Crippen LogP contribution in [0.4, 0.5) is 0 Å². The number of carbonyl (C=O) groups is 1. The summed E-state index contributed by atoms with van der Waals surface area (Å²) in [5, 5.41) is 0. The maximum atomic E-state index is 14.1. The van der Waals surface area contributed by atoms with E-state index in [9.17, 15) is 4.79 Å². The quantitative estimate of drug-likeness (QED) is 0.353. The van der Waals surface area contributed by atoms with E-state index in [1.807, 2.05) is 65.6 Å². The Morgan fingerprint density at radius 1 is 0.824 bits per heavy atom. The maximum Gasteiger partial charge on any atom is 0.255 e. The van der Waals surface area contributed by atoms with Crippen LogP contribution in [0.5, 0.6) is 17.2 Å². The molecule has 1 heterocycles. The van der Waals surface area contributed by atoms with E-state index in [4.69, 9.17) is 14.2 Å². The van der Waals surface area contributed by atoms with Crippen LogP contribution < -0.4 is 14.2 Å². The zero-order chi connectivity index (χ0) is 23.3. The summed E-state index contributed by atoms with van der Waals surface area (Å²) in [6.45, 7) is 0.588. The Morgan fingerprint density at radius 3 is 2.06 bits per heavy atom. The van der Waals surface area contributed by atoms with Crippen LogP contribution in [0.2, 0.25) is 0 Å². The van der Waals surface area contributed by atoms with Gasteiger partial charge in [-0.3, -0.25) is 4.79 Å². The molecule has 0 aromatic heterocycles. The van der Waals surface area contributed by atoms with E-state index in [1.54, 1.807) is 25.3 Å². The lowest BCUT2D eigenvalue weighted by Crippen LogP contribution is -2.35.